The van der Waals surface area contributed by atoms with E-state index >= 15 is 0 Å². The summed E-state index contributed by atoms with van der Waals surface area (Å²) in [4.78, 5) is 7.58. The Morgan fingerprint density at radius 2 is 2.56 bits per heavy atom. The van der Waals surface area contributed by atoms with Crippen molar-refractivity contribution in [2.75, 3.05) is 32.2 Å². The van der Waals surface area contributed by atoms with Gasteiger partial charge in [-0.25, -0.2) is 4.98 Å². The predicted molar refractivity (Wildman–Crippen MR) is 72.3 cm³/mol. The van der Waals surface area contributed by atoms with Crippen molar-refractivity contribution in [2.24, 2.45) is 0 Å². The van der Waals surface area contributed by atoms with E-state index in [4.69, 9.17) is 21.7 Å². The fourth-order valence-electron chi connectivity index (χ4n) is 1.96. The SMILES string of the molecule is COCCCNc1cc(=S)nc(C2CCCO2)[nH]1. The van der Waals surface area contributed by atoms with Gasteiger partial charge in [0, 0.05) is 32.9 Å². The smallest absolute Gasteiger partial charge is 0.138 e. The van der Waals surface area contributed by atoms with E-state index < -0.39 is 0 Å². The van der Waals surface area contributed by atoms with Crippen LogP contribution < -0.4 is 5.32 Å². The van der Waals surface area contributed by atoms with Crippen molar-refractivity contribution in [2.45, 2.75) is 25.4 Å². The first kappa shape index (κ1) is 13.5. The molecule has 2 rings (SSSR count). The molecule has 2 heterocycles. The zero-order valence-corrected chi connectivity index (χ0v) is 11.4. The van der Waals surface area contributed by atoms with E-state index in [1.807, 2.05) is 6.07 Å². The number of nitrogens with one attached hydrogen (secondary N) is 2. The molecule has 18 heavy (non-hydrogen) atoms. The van der Waals surface area contributed by atoms with Crippen LogP contribution in [0.4, 0.5) is 5.82 Å². The number of nitrogens with zero attached hydrogens (tertiary/aromatic N) is 1. The number of hydrogen-bond donors (Lipinski definition) is 2. The number of H-pyrrole nitrogens is 1. The highest BCUT2D eigenvalue weighted by Gasteiger charge is 2.19. The number of aromatic amines is 1. The Balaban J connectivity index is 1.99. The third-order valence-electron chi connectivity index (χ3n) is 2.84. The molecule has 0 bridgehead atoms. The van der Waals surface area contributed by atoms with Crippen LogP contribution in [-0.2, 0) is 9.47 Å². The first-order chi connectivity index (χ1) is 8.79. The number of hydrogen-bond acceptors (Lipinski definition) is 5. The summed E-state index contributed by atoms with van der Waals surface area (Å²) in [7, 11) is 1.70. The average molecular weight is 269 g/mol. The van der Waals surface area contributed by atoms with Crippen molar-refractivity contribution < 1.29 is 9.47 Å². The second kappa shape index (κ2) is 6.82. The van der Waals surface area contributed by atoms with Crippen molar-refractivity contribution >= 4 is 18.0 Å². The van der Waals surface area contributed by atoms with Crippen LogP contribution in [0.25, 0.3) is 0 Å². The number of anilines is 1. The fourth-order valence-corrected chi connectivity index (χ4v) is 2.17. The number of rotatable bonds is 6. The summed E-state index contributed by atoms with van der Waals surface area (Å²) in [5, 5.41) is 3.29. The first-order valence-corrected chi connectivity index (χ1v) is 6.66. The molecule has 6 heteroatoms. The van der Waals surface area contributed by atoms with Crippen molar-refractivity contribution in [3.05, 3.63) is 16.5 Å². The molecule has 0 spiro atoms. The average Bonchev–Trinajstić information content (AvgIpc) is 2.88. The van der Waals surface area contributed by atoms with Crippen molar-refractivity contribution in [3.63, 3.8) is 0 Å². The molecule has 5 nitrogen and oxygen atoms in total. The largest absolute Gasteiger partial charge is 0.385 e. The highest BCUT2D eigenvalue weighted by atomic mass is 32.1. The van der Waals surface area contributed by atoms with Gasteiger partial charge in [0.2, 0.25) is 0 Å². The highest BCUT2D eigenvalue weighted by Crippen LogP contribution is 2.26. The van der Waals surface area contributed by atoms with Gasteiger partial charge in [-0.1, -0.05) is 12.2 Å². The van der Waals surface area contributed by atoms with Gasteiger partial charge in [-0.05, 0) is 19.3 Å². The Bertz CT molecular complexity index is 430. The summed E-state index contributed by atoms with van der Waals surface area (Å²) in [6.07, 6.45) is 3.10. The Morgan fingerprint density at radius 1 is 1.67 bits per heavy atom. The maximum atomic E-state index is 5.60. The monoisotopic (exact) mass is 269 g/mol. The third-order valence-corrected chi connectivity index (χ3v) is 3.05. The summed E-state index contributed by atoms with van der Waals surface area (Å²) in [6, 6.07) is 1.83. The third kappa shape index (κ3) is 3.76. The second-order valence-electron chi connectivity index (χ2n) is 4.29. The van der Waals surface area contributed by atoms with Crippen molar-refractivity contribution in [1.29, 1.82) is 0 Å². The van der Waals surface area contributed by atoms with Crippen LogP contribution >= 0.6 is 12.2 Å². The predicted octanol–water partition coefficient (Wildman–Crippen LogP) is 2.44. The quantitative estimate of drug-likeness (QED) is 0.613. The van der Waals surface area contributed by atoms with Gasteiger partial charge in [0.05, 0.1) is 0 Å². The minimum Gasteiger partial charge on any atom is -0.385 e. The molecule has 1 aromatic heterocycles. The van der Waals surface area contributed by atoms with Gasteiger partial charge in [0.1, 0.15) is 22.4 Å². The molecule has 1 unspecified atom stereocenters. The molecule has 0 radical (unpaired) electrons. The minimum absolute atomic E-state index is 0.0624. The number of ether oxygens (including phenoxy) is 2. The van der Waals surface area contributed by atoms with E-state index in [2.05, 4.69) is 15.3 Å². The lowest BCUT2D eigenvalue weighted by Gasteiger charge is -2.12. The molecule has 100 valence electrons. The normalized spacial score (nSPS) is 19.1. The molecule has 0 aromatic carbocycles. The topological polar surface area (TPSA) is 59.2 Å². The van der Waals surface area contributed by atoms with Crippen molar-refractivity contribution in [1.82, 2.24) is 9.97 Å². The Kier molecular flexibility index (Phi) is 5.10. The molecular weight excluding hydrogens is 250 g/mol. The lowest BCUT2D eigenvalue weighted by Crippen LogP contribution is -2.09. The Hall–Kier alpha value is -0.980. The summed E-state index contributed by atoms with van der Waals surface area (Å²) < 4.78 is 11.2. The molecule has 1 aromatic rings. The molecule has 1 saturated heterocycles. The summed E-state index contributed by atoms with van der Waals surface area (Å²) in [6.45, 7) is 2.39. The van der Waals surface area contributed by atoms with E-state index in [1.54, 1.807) is 7.11 Å². The van der Waals surface area contributed by atoms with E-state index in [0.717, 1.165) is 50.7 Å². The second-order valence-corrected chi connectivity index (χ2v) is 4.71. The summed E-state index contributed by atoms with van der Waals surface area (Å²) in [5.41, 5.74) is 0. The van der Waals surface area contributed by atoms with Gasteiger partial charge in [-0.15, -0.1) is 0 Å². The molecule has 1 atom stereocenters. The van der Waals surface area contributed by atoms with Crippen LogP contribution in [0.3, 0.4) is 0 Å². The van der Waals surface area contributed by atoms with Crippen LogP contribution in [0.2, 0.25) is 0 Å². The van der Waals surface area contributed by atoms with Gasteiger partial charge in [0.15, 0.2) is 0 Å². The molecule has 1 fully saturated rings. The van der Waals surface area contributed by atoms with Crippen LogP contribution in [0.5, 0.6) is 0 Å². The lowest BCUT2D eigenvalue weighted by atomic mass is 10.2. The molecule has 0 amide bonds. The van der Waals surface area contributed by atoms with E-state index in [0.29, 0.717) is 4.64 Å². The maximum Gasteiger partial charge on any atom is 0.138 e. The van der Waals surface area contributed by atoms with Gasteiger partial charge in [0.25, 0.3) is 0 Å². The molecule has 1 aliphatic rings. The fraction of sp³-hybridized carbons (Fsp3) is 0.667. The van der Waals surface area contributed by atoms with Gasteiger partial charge in [-0.3, -0.25) is 0 Å². The zero-order valence-electron chi connectivity index (χ0n) is 10.6. The molecule has 1 aliphatic heterocycles. The molecule has 0 saturated carbocycles. The molecule has 2 N–H and O–H groups in total. The zero-order chi connectivity index (χ0) is 12.8. The first-order valence-electron chi connectivity index (χ1n) is 6.25. The lowest BCUT2D eigenvalue weighted by molar-refractivity contribution is 0.105. The standard InChI is InChI=1S/C12H19N3O2S/c1-16-6-3-5-13-10-8-11(18)15-12(14-10)9-4-2-7-17-9/h8-9H,2-7H2,1H3,(H2,13,14,15,18). The van der Waals surface area contributed by atoms with E-state index in [1.165, 1.54) is 0 Å². The van der Waals surface area contributed by atoms with Crippen LogP contribution in [0.1, 0.15) is 31.2 Å². The summed E-state index contributed by atoms with van der Waals surface area (Å²) in [5.74, 6) is 1.73. The van der Waals surface area contributed by atoms with E-state index in [9.17, 15) is 0 Å². The minimum atomic E-state index is 0.0624. The molecule has 0 aliphatic carbocycles. The van der Waals surface area contributed by atoms with Crippen molar-refractivity contribution in [3.8, 4) is 0 Å². The van der Waals surface area contributed by atoms with Crippen LogP contribution in [-0.4, -0.2) is 36.8 Å². The van der Waals surface area contributed by atoms with Crippen LogP contribution in [0, 0.1) is 4.64 Å². The van der Waals surface area contributed by atoms with E-state index in [-0.39, 0.29) is 6.10 Å². The summed E-state index contributed by atoms with van der Waals surface area (Å²) >= 11 is 5.17. The van der Waals surface area contributed by atoms with Gasteiger partial charge >= 0.3 is 0 Å². The Labute approximate surface area is 112 Å². The Morgan fingerprint density at radius 3 is 3.28 bits per heavy atom. The van der Waals surface area contributed by atoms with Gasteiger partial charge < -0.3 is 19.8 Å². The van der Waals surface area contributed by atoms with Gasteiger partial charge in [-0.2, -0.15) is 0 Å². The maximum absolute atomic E-state index is 5.60. The number of methoxy groups -OCH3 is 1. The highest BCUT2D eigenvalue weighted by molar-refractivity contribution is 7.71. The van der Waals surface area contributed by atoms with Crippen LogP contribution in [0.15, 0.2) is 6.07 Å². The molecular formula is C12H19N3O2S. The number of aromatic nitrogens is 2.